The van der Waals surface area contributed by atoms with E-state index in [0.717, 1.165) is 33.6 Å². The van der Waals surface area contributed by atoms with Crippen LogP contribution >= 0.6 is 27.7 Å². The van der Waals surface area contributed by atoms with Crippen LogP contribution in [0.5, 0.6) is 0 Å². The van der Waals surface area contributed by atoms with Gasteiger partial charge in [-0.05, 0) is 43.3 Å². The van der Waals surface area contributed by atoms with Crippen molar-refractivity contribution in [2.24, 2.45) is 0 Å². The number of hydrogen-bond acceptors (Lipinski definition) is 3. The zero-order valence-electron chi connectivity index (χ0n) is 14.0. The Morgan fingerprint density at radius 3 is 2.72 bits per heavy atom. The molecule has 1 N–H and O–H groups in total. The molecule has 1 amide bonds. The maximum Gasteiger partial charge on any atom is 0.221 e. The van der Waals surface area contributed by atoms with Gasteiger partial charge < -0.3 is 9.88 Å². The second-order valence-electron chi connectivity index (χ2n) is 5.59. The summed E-state index contributed by atoms with van der Waals surface area (Å²) in [6, 6.07) is 16.2. The second kappa shape index (κ2) is 8.54. The first-order valence-electron chi connectivity index (χ1n) is 8.26. The van der Waals surface area contributed by atoms with E-state index in [0.29, 0.717) is 13.0 Å². The van der Waals surface area contributed by atoms with Crippen LogP contribution in [0.2, 0.25) is 0 Å². The Balaban J connectivity index is 1.51. The lowest BCUT2D eigenvalue weighted by Gasteiger charge is -2.08. The molecule has 0 fully saturated rings. The van der Waals surface area contributed by atoms with Crippen molar-refractivity contribution in [3.63, 3.8) is 0 Å². The van der Waals surface area contributed by atoms with Crippen LogP contribution in [0.1, 0.15) is 19.2 Å². The number of nitrogens with zero attached hydrogens (tertiary/aromatic N) is 2. The summed E-state index contributed by atoms with van der Waals surface area (Å²) in [5.41, 5.74) is 2.08. The highest BCUT2D eigenvalue weighted by Crippen LogP contribution is 2.21. The number of benzene rings is 2. The molecule has 0 atom stereocenters. The molecule has 3 rings (SSSR count). The normalized spacial score (nSPS) is 11.0. The van der Waals surface area contributed by atoms with Crippen LogP contribution in [0, 0.1) is 0 Å². The summed E-state index contributed by atoms with van der Waals surface area (Å²) in [5.74, 6) is 1.72. The van der Waals surface area contributed by atoms with Crippen molar-refractivity contribution in [1.29, 1.82) is 0 Å². The fourth-order valence-corrected chi connectivity index (χ4v) is 3.79. The number of aromatic nitrogens is 2. The van der Waals surface area contributed by atoms with Crippen LogP contribution in [0.4, 0.5) is 0 Å². The molecule has 0 aliphatic rings. The fourth-order valence-electron chi connectivity index (χ4n) is 2.67. The van der Waals surface area contributed by atoms with Gasteiger partial charge in [-0.2, -0.15) is 0 Å². The van der Waals surface area contributed by atoms with E-state index in [1.54, 1.807) is 11.8 Å². The minimum absolute atomic E-state index is 0.0549. The molecule has 0 aliphatic carbocycles. The molecule has 0 saturated heterocycles. The Morgan fingerprint density at radius 2 is 1.96 bits per heavy atom. The molecule has 0 saturated carbocycles. The third-order valence-corrected chi connectivity index (χ3v) is 5.45. The Bertz CT molecular complexity index is 861. The number of carbonyl (C=O) groups is 1. The van der Waals surface area contributed by atoms with Crippen LogP contribution in [-0.4, -0.2) is 21.2 Å². The molecule has 1 heterocycles. The Labute approximate surface area is 160 Å². The van der Waals surface area contributed by atoms with Crippen molar-refractivity contribution in [1.82, 2.24) is 14.9 Å². The van der Waals surface area contributed by atoms with Gasteiger partial charge in [-0.3, -0.25) is 4.79 Å². The van der Waals surface area contributed by atoms with E-state index in [9.17, 15) is 4.79 Å². The number of carbonyl (C=O) groups excluding carboxylic acids is 1. The Kier molecular flexibility index (Phi) is 6.15. The number of thioether (sulfide) groups is 1. The van der Waals surface area contributed by atoms with E-state index in [4.69, 9.17) is 0 Å². The first-order valence-corrected chi connectivity index (χ1v) is 10.0. The van der Waals surface area contributed by atoms with Crippen LogP contribution in [0.25, 0.3) is 11.0 Å². The minimum Gasteiger partial charge on any atom is -0.349 e. The van der Waals surface area contributed by atoms with Gasteiger partial charge in [-0.25, -0.2) is 4.98 Å². The van der Waals surface area contributed by atoms with Crippen molar-refractivity contribution in [2.75, 3.05) is 5.75 Å². The summed E-state index contributed by atoms with van der Waals surface area (Å²) in [6.07, 6.45) is 0.493. The van der Waals surface area contributed by atoms with Crippen molar-refractivity contribution in [2.45, 2.75) is 31.3 Å². The molecule has 0 aliphatic heterocycles. The molecule has 1 aromatic heterocycles. The standard InChI is InChI=1S/C19H20BrN3OS/c1-2-23-17-6-4-3-5-16(17)22-18(23)13-21-19(24)11-12-25-15-9-7-14(20)8-10-15/h3-10H,2,11-13H2,1H3,(H,21,24). The Morgan fingerprint density at radius 1 is 1.20 bits per heavy atom. The minimum atomic E-state index is 0.0549. The van der Waals surface area contributed by atoms with Crippen LogP contribution in [0.3, 0.4) is 0 Å². The number of rotatable bonds is 7. The van der Waals surface area contributed by atoms with Gasteiger partial charge >= 0.3 is 0 Å². The average Bonchev–Trinajstić information content (AvgIpc) is 2.99. The lowest BCUT2D eigenvalue weighted by atomic mass is 10.3. The number of fused-ring (bicyclic) bond motifs is 1. The van der Waals surface area contributed by atoms with E-state index >= 15 is 0 Å². The fraction of sp³-hybridized carbons (Fsp3) is 0.263. The average molecular weight is 418 g/mol. The SMILES string of the molecule is CCn1c(CNC(=O)CCSc2ccc(Br)cc2)nc2ccccc21. The molecule has 25 heavy (non-hydrogen) atoms. The molecule has 6 heteroatoms. The summed E-state index contributed by atoms with van der Waals surface area (Å²) in [7, 11) is 0. The Hall–Kier alpha value is -1.79. The predicted molar refractivity (Wildman–Crippen MR) is 107 cm³/mol. The van der Waals surface area contributed by atoms with Gasteiger partial charge in [-0.15, -0.1) is 11.8 Å². The van der Waals surface area contributed by atoms with Gasteiger partial charge in [0.15, 0.2) is 0 Å². The second-order valence-corrected chi connectivity index (χ2v) is 7.67. The molecular formula is C19H20BrN3OS. The first-order chi connectivity index (χ1) is 12.2. The predicted octanol–water partition coefficient (Wildman–Crippen LogP) is 4.62. The summed E-state index contributed by atoms with van der Waals surface area (Å²) >= 11 is 5.11. The highest BCUT2D eigenvalue weighted by molar-refractivity contribution is 9.10. The van der Waals surface area contributed by atoms with Gasteiger partial charge in [0, 0.05) is 28.1 Å². The highest BCUT2D eigenvalue weighted by atomic mass is 79.9. The molecule has 130 valence electrons. The van der Waals surface area contributed by atoms with Gasteiger partial charge in [-0.1, -0.05) is 28.1 Å². The number of hydrogen-bond donors (Lipinski definition) is 1. The molecular weight excluding hydrogens is 398 g/mol. The van der Waals surface area contributed by atoms with Crippen molar-refractivity contribution in [3.05, 3.63) is 58.8 Å². The van der Waals surface area contributed by atoms with Crippen molar-refractivity contribution >= 4 is 44.6 Å². The number of imidazole rings is 1. The quantitative estimate of drug-likeness (QED) is 0.570. The summed E-state index contributed by atoms with van der Waals surface area (Å²) in [4.78, 5) is 17.9. The lowest BCUT2D eigenvalue weighted by Crippen LogP contribution is -2.24. The maximum absolute atomic E-state index is 12.1. The molecule has 0 bridgehead atoms. The van der Waals surface area contributed by atoms with Crippen LogP contribution in [0.15, 0.2) is 57.9 Å². The van der Waals surface area contributed by atoms with Gasteiger partial charge in [0.1, 0.15) is 5.82 Å². The number of nitrogens with one attached hydrogen (secondary N) is 1. The zero-order chi connectivity index (χ0) is 17.6. The topological polar surface area (TPSA) is 46.9 Å². The van der Waals surface area contributed by atoms with E-state index in [1.807, 2.05) is 30.3 Å². The largest absolute Gasteiger partial charge is 0.349 e. The number of aryl methyl sites for hydroxylation is 1. The van der Waals surface area contributed by atoms with Gasteiger partial charge in [0.2, 0.25) is 5.91 Å². The molecule has 4 nitrogen and oxygen atoms in total. The van der Waals surface area contributed by atoms with Crippen LogP contribution < -0.4 is 5.32 Å². The van der Waals surface area contributed by atoms with Gasteiger partial charge in [0.05, 0.1) is 17.6 Å². The van der Waals surface area contributed by atoms with Gasteiger partial charge in [0.25, 0.3) is 0 Å². The number of para-hydroxylation sites is 2. The van der Waals surface area contributed by atoms with Crippen molar-refractivity contribution in [3.8, 4) is 0 Å². The lowest BCUT2D eigenvalue weighted by molar-refractivity contribution is -0.120. The zero-order valence-corrected chi connectivity index (χ0v) is 16.4. The molecule has 3 aromatic rings. The summed E-state index contributed by atoms with van der Waals surface area (Å²) < 4.78 is 3.21. The third-order valence-electron chi connectivity index (χ3n) is 3.90. The highest BCUT2D eigenvalue weighted by Gasteiger charge is 2.10. The summed E-state index contributed by atoms with van der Waals surface area (Å²) in [6.45, 7) is 3.39. The van der Waals surface area contributed by atoms with Crippen LogP contribution in [-0.2, 0) is 17.9 Å². The first kappa shape index (κ1) is 18.0. The molecule has 2 aromatic carbocycles. The third kappa shape index (κ3) is 4.64. The smallest absolute Gasteiger partial charge is 0.221 e. The van der Waals surface area contributed by atoms with E-state index < -0.39 is 0 Å². The summed E-state index contributed by atoms with van der Waals surface area (Å²) in [5, 5.41) is 2.99. The number of halogens is 1. The van der Waals surface area contributed by atoms with E-state index in [1.165, 1.54) is 4.90 Å². The van der Waals surface area contributed by atoms with Crippen molar-refractivity contribution < 1.29 is 4.79 Å². The number of amides is 1. The molecule has 0 unspecified atom stereocenters. The van der Waals surface area contributed by atoms with E-state index in [2.05, 4.69) is 55.9 Å². The molecule has 0 radical (unpaired) electrons. The monoisotopic (exact) mass is 417 g/mol. The maximum atomic E-state index is 12.1. The molecule has 0 spiro atoms. The van der Waals surface area contributed by atoms with E-state index in [-0.39, 0.29) is 5.91 Å².